The average Bonchev–Trinajstić information content (AvgIpc) is 2.76. The zero-order valence-corrected chi connectivity index (χ0v) is 25.3. The number of likely N-dealkylation sites (tertiary alicyclic amines) is 2. The van der Waals surface area contributed by atoms with Gasteiger partial charge in [-0.15, -0.1) is 0 Å². The molecule has 2 atom stereocenters. The van der Waals surface area contributed by atoms with Crippen LogP contribution in [-0.2, 0) is 0 Å². The van der Waals surface area contributed by atoms with E-state index in [9.17, 15) is 10.2 Å². The summed E-state index contributed by atoms with van der Waals surface area (Å²) in [6, 6.07) is 0. The van der Waals surface area contributed by atoms with Gasteiger partial charge in [-0.1, -0.05) is 0 Å². The van der Waals surface area contributed by atoms with Crippen molar-refractivity contribution in [1.82, 2.24) is 24.8 Å². The molecule has 0 radical (unpaired) electrons. The standard InChI is InChI=1S/C27H50ClN7O2/c1-24(2)11-17(12-25(3,4)34(24)9)19(36)15-29-22-31-21(28)32-23(33-22)30-16-20(37)18-13-26(5,6)35(10)27(7,8)14-18/h17-20,36-37H,11-16H2,1-10H3,(H2,29,30,31,32,33). The molecule has 1 aromatic heterocycles. The Balaban J connectivity index is 1.59. The molecule has 0 spiro atoms. The van der Waals surface area contributed by atoms with Gasteiger partial charge in [-0.3, -0.25) is 9.80 Å². The van der Waals surface area contributed by atoms with Crippen LogP contribution in [-0.4, -0.2) is 96.5 Å². The van der Waals surface area contributed by atoms with Crippen LogP contribution in [0.5, 0.6) is 0 Å². The van der Waals surface area contributed by atoms with Gasteiger partial charge in [0.1, 0.15) is 0 Å². The molecule has 2 aliphatic rings. The lowest BCUT2D eigenvalue weighted by molar-refractivity contribution is -0.0609. The van der Waals surface area contributed by atoms with Gasteiger partial charge in [0, 0.05) is 35.2 Å². The third kappa shape index (κ3) is 7.04. The molecule has 0 bridgehead atoms. The monoisotopic (exact) mass is 539 g/mol. The Labute approximate surface area is 228 Å². The fourth-order valence-electron chi connectivity index (χ4n) is 6.67. The van der Waals surface area contributed by atoms with Crippen LogP contribution in [0.15, 0.2) is 0 Å². The summed E-state index contributed by atoms with van der Waals surface area (Å²) >= 11 is 6.18. The van der Waals surface area contributed by atoms with Crippen molar-refractivity contribution < 1.29 is 10.2 Å². The van der Waals surface area contributed by atoms with Crippen LogP contribution in [0.2, 0.25) is 5.28 Å². The van der Waals surface area contributed by atoms with Crippen molar-refractivity contribution in [2.24, 2.45) is 11.8 Å². The molecule has 3 rings (SSSR count). The summed E-state index contributed by atoms with van der Waals surface area (Å²) in [5.41, 5.74) is -0.000109. The third-order valence-electron chi connectivity index (χ3n) is 9.31. The van der Waals surface area contributed by atoms with Gasteiger partial charge in [0.2, 0.25) is 17.2 Å². The zero-order valence-electron chi connectivity index (χ0n) is 24.6. The van der Waals surface area contributed by atoms with Crippen LogP contribution in [0.25, 0.3) is 0 Å². The highest BCUT2D eigenvalue weighted by Crippen LogP contribution is 2.42. The molecule has 1 aromatic rings. The molecule has 3 heterocycles. The summed E-state index contributed by atoms with van der Waals surface area (Å²) in [4.78, 5) is 17.6. The van der Waals surface area contributed by atoms with Crippen molar-refractivity contribution in [3.8, 4) is 0 Å². The zero-order chi connectivity index (χ0) is 28.0. The van der Waals surface area contributed by atoms with Gasteiger partial charge in [-0.25, -0.2) is 0 Å². The highest BCUT2D eigenvalue weighted by Gasteiger charge is 2.46. The maximum atomic E-state index is 11.0. The molecule has 2 unspecified atom stereocenters. The minimum atomic E-state index is -0.544. The van der Waals surface area contributed by atoms with Crippen LogP contribution in [0.3, 0.4) is 0 Å². The summed E-state index contributed by atoms with van der Waals surface area (Å²) in [6.45, 7) is 18.5. The fourth-order valence-corrected chi connectivity index (χ4v) is 6.83. The van der Waals surface area contributed by atoms with E-state index in [0.717, 1.165) is 25.7 Å². The Morgan fingerprint density at radius 3 is 1.30 bits per heavy atom. The number of aromatic nitrogens is 3. The molecular weight excluding hydrogens is 490 g/mol. The molecular formula is C27H50ClN7O2. The summed E-state index contributed by atoms with van der Waals surface area (Å²) in [5, 5.41) is 28.4. The van der Waals surface area contributed by atoms with Crippen molar-refractivity contribution in [2.45, 2.75) is 115 Å². The molecule has 0 saturated carbocycles. The van der Waals surface area contributed by atoms with E-state index in [1.54, 1.807) is 0 Å². The minimum Gasteiger partial charge on any atom is -0.391 e. The summed E-state index contributed by atoms with van der Waals surface area (Å²) in [6.07, 6.45) is 2.53. The third-order valence-corrected chi connectivity index (χ3v) is 9.48. The molecule has 0 amide bonds. The largest absolute Gasteiger partial charge is 0.391 e. The van der Waals surface area contributed by atoms with Crippen LogP contribution < -0.4 is 10.6 Å². The predicted molar refractivity (Wildman–Crippen MR) is 151 cm³/mol. The predicted octanol–water partition coefficient (Wildman–Crippen LogP) is 3.87. The van der Waals surface area contributed by atoms with Gasteiger partial charge in [0.05, 0.1) is 12.2 Å². The van der Waals surface area contributed by atoms with E-state index in [-0.39, 0.29) is 39.3 Å². The van der Waals surface area contributed by atoms with Crippen molar-refractivity contribution >= 4 is 23.5 Å². The van der Waals surface area contributed by atoms with Gasteiger partial charge in [-0.05, 0) is 119 Å². The maximum absolute atomic E-state index is 11.0. The summed E-state index contributed by atoms with van der Waals surface area (Å²) in [5.74, 6) is 0.927. The first-order chi connectivity index (χ1) is 16.8. The topological polar surface area (TPSA) is 110 Å². The number of anilines is 2. The number of rotatable bonds is 8. The van der Waals surface area contributed by atoms with Crippen molar-refractivity contribution in [1.29, 1.82) is 0 Å². The number of nitrogens with one attached hydrogen (secondary N) is 2. The molecule has 10 heteroatoms. The van der Waals surface area contributed by atoms with Gasteiger partial charge < -0.3 is 20.8 Å². The molecule has 2 aliphatic heterocycles. The lowest BCUT2D eigenvalue weighted by Gasteiger charge is -2.54. The average molecular weight is 540 g/mol. The molecule has 0 aliphatic carbocycles. The molecule has 2 fully saturated rings. The minimum absolute atomic E-state index is 0.0000273. The Morgan fingerprint density at radius 1 is 0.703 bits per heavy atom. The lowest BCUT2D eigenvalue weighted by atomic mass is 9.72. The fraction of sp³-hybridized carbons (Fsp3) is 0.889. The number of nitrogens with zero attached hydrogens (tertiary/aromatic N) is 5. The molecule has 0 aromatic carbocycles. The SMILES string of the molecule is CN1C(C)(C)CC(C(O)CNc2nc(Cl)nc(NCC(O)C3CC(C)(C)N(C)C(C)(C)C3)n2)CC1(C)C. The van der Waals surface area contributed by atoms with E-state index in [4.69, 9.17) is 11.6 Å². The number of piperidine rings is 2. The van der Waals surface area contributed by atoms with Crippen molar-refractivity contribution in [2.75, 3.05) is 37.8 Å². The van der Waals surface area contributed by atoms with E-state index in [2.05, 4.69) is 105 Å². The van der Waals surface area contributed by atoms with Crippen LogP contribution in [0, 0.1) is 11.8 Å². The van der Waals surface area contributed by atoms with E-state index in [1.807, 2.05) is 0 Å². The second kappa shape index (κ2) is 10.7. The normalized spacial score (nSPS) is 26.0. The van der Waals surface area contributed by atoms with E-state index in [1.165, 1.54) is 0 Å². The first-order valence-electron chi connectivity index (χ1n) is 13.6. The molecule has 4 N–H and O–H groups in total. The highest BCUT2D eigenvalue weighted by molar-refractivity contribution is 6.28. The Morgan fingerprint density at radius 2 is 1.00 bits per heavy atom. The first-order valence-corrected chi connectivity index (χ1v) is 14.0. The Kier molecular flexibility index (Phi) is 8.77. The maximum Gasteiger partial charge on any atom is 0.228 e. The summed E-state index contributed by atoms with van der Waals surface area (Å²) in [7, 11) is 4.32. The van der Waals surface area contributed by atoms with Crippen LogP contribution in [0.4, 0.5) is 11.9 Å². The second-order valence-electron chi connectivity index (χ2n) is 13.9. The van der Waals surface area contributed by atoms with Crippen LogP contribution >= 0.6 is 11.6 Å². The second-order valence-corrected chi connectivity index (χ2v) is 14.2. The number of halogens is 1. The summed E-state index contributed by atoms with van der Waals surface area (Å²) < 4.78 is 0. The Hall–Kier alpha value is -1.26. The van der Waals surface area contributed by atoms with Crippen molar-refractivity contribution in [3.63, 3.8) is 0 Å². The molecule has 37 heavy (non-hydrogen) atoms. The molecule has 2 saturated heterocycles. The first kappa shape index (κ1) is 30.3. The number of aliphatic hydroxyl groups excluding tert-OH is 2. The van der Waals surface area contributed by atoms with Crippen LogP contribution in [0.1, 0.15) is 81.1 Å². The number of aliphatic hydroxyl groups is 2. The van der Waals surface area contributed by atoms with E-state index in [0.29, 0.717) is 25.0 Å². The smallest absolute Gasteiger partial charge is 0.228 e. The number of hydrogen-bond donors (Lipinski definition) is 4. The van der Waals surface area contributed by atoms with Gasteiger partial charge in [0.15, 0.2) is 0 Å². The van der Waals surface area contributed by atoms with Crippen molar-refractivity contribution in [3.05, 3.63) is 5.28 Å². The Bertz CT molecular complexity index is 833. The van der Waals surface area contributed by atoms with E-state index < -0.39 is 12.2 Å². The number of hydrogen-bond acceptors (Lipinski definition) is 9. The van der Waals surface area contributed by atoms with E-state index >= 15 is 0 Å². The van der Waals surface area contributed by atoms with Gasteiger partial charge in [-0.2, -0.15) is 15.0 Å². The highest BCUT2D eigenvalue weighted by atomic mass is 35.5. The van der Waals surface area contributed by atoms with Gasteiger partial charge in [0.25, 0.3) is 0 Å². The molecule has 9 nitrogen and oxygen atoms in total. The quantitative estimate of drug-likeness (QED) is 0.391. The van der Waals surface area contributed by atoms with Gasteiger partial charge >= 0.3 is 0 Å². The molecule has 212 valence electrons. The lowest BCUT2D eigenvalue weighted by Crippen LogP contribution is -2.60.